The van der Waals surface area contributed by atoms with E-state index in [2.05, 4.69) is 181 Å². The van der Waals surface area contributed by atoms with Crippen molar-refractivity contribution in [1.82, 2.24) is 0 Å². The number of para-hydroxylation sites is 1. The lowest BCUT2D eigenvalue weighted by Gasteiger charge is -2.32. The number of fused-ring (bicyclic) bond motifs is 13. The second kappa shape index (κ2) is 9.54. The molecule has 0 bridgehead atoms. The number of hydrogen-bond donors (Lipinski definition) is 0. The molecule has 0 fully saturated rings. The molecule has 8 aromatic carbocycles. The van der Waals surface area contributed by atoms with E-state index in [-0.39, 0.29) is 0 Å². The number of hydrogen-bond acceptors (Lipinski definition) is 1. The van der Waals surface area contributed by atoms with Gasteiger partial charge in [-0.05, 0) is 91.0 Å². The van der Waals surface area contributed by atoms with Gasteiger partial charge in [0.05, 0.1) is 11.1 Å². The van der Waals surface area contributed by atoms with Gasteiger partial charge in [-0.15, -0.1) is 0 Å². The lowest BCUT2D eigenvalue weighted by atomic mass is 9.70. The number of anilines is 3. The molecular weight excluding hydrogens is 555 g/mol. The molecule has 8 aromatic rings. The average molecular weight is 584 g/mol. The summed E-state index contributed by atoms with van der Waals surface area (Å²) >= 11 is 0. The molecule has 214 valence electrons. The Balaban J connectivity index is 1.33. The predicted octanol–water partition coefficient (Wildman–Crippen LogP) is 11.8. The molecule has 0 unspecified atom stereocenters. The average Bonchev–Trinajstić information content (AvgIpc) is 3.60. The van der Waals surface area contributed by atoms with Gasteiger partial charge in [-0.25, -0.2) is 0 Å². The minimum atomic E-state index is -0.418. The third kappa shape index (κ3) is 3.29. The minimum absolute atomic E-state index is 0.418. The second-order valence-corrected chi connectivity index (χ2v) is 12.4. The Morgan fingerprint density at radius 2 is 0.957 bits per heavy atom. The zero-order valence-corrected chi connectivity index (χ0v) is 25.2. The molecule has 0 aromatic heterocycles. The van der Waals surface area contributed by atoms with E-state index in [1.807, 2.05) is 0 Å². The van der Waals surface area contributed by atoms with Crippen LogP contribution in [0.15, 0.2) is 176 Å². The van der Waals surface area contributed by atoms with E-state index < -0.39 is 5.41 Å². The molecule has 0 saturated carbocycles. The molecule has 0 amide bonds. The fourth-order valence-electron chi connectivity index (χ4n) is 8.44. The highest BCUT2D eigenvalue weighted by atomic mass is 15.1. The molecule has 2 aliphatic carbocycles. The summed E-state index contributed by atoms with van der Waals surface area (Å²) in [5.41, 5.74) is 13.8. The molecule has 10 rings (SSSR count). The molecule has 2 aliphatic rings. The first-order valence-corrected chi connectivity index (χ1v) is 16.0. The lowest BCUT2D eigenvalue weighted by molar-refractivity contribution is 0.794. The van der Waals surface area contributed by atoms with Gasteiger partial charge in [0, 0.05) is 16.8 Å². The van der Waals surface area contributed by atoms with Gasteiger partial charge in [-0.3, -0.25) is 0 Å². The van der Waals surface area contributed by atoms with Crippen LogP contribution in [0.4, 0.5) is 17.1 Å². The monoisotopic (exact) mass is 583 g/mol. The Kier molecular flexibility index (Phi) is 5.27. The number of benzene rings is 8. The van der Waals surface area contributed by atoms with Gasteiger partial charge < -0.3 is 4.90 Å². The van der Waals surface area contributed by atoms with Gasteiger partial charge >= 0.3 is 0 Å². The summed E-state index contributed by atoms with van der Waals surface area (Å²) in [7, 11) is 0. The van der Waals surface area contributed by atoms with Crippen LogP contribution in [0.25, 0.3) is 43.8 Å². The molecule has 1 nitrogen and oxygen atoms in total. The topological polar surface area (TPSA) is 3.24 Å². The summed E-state index contributed by atoms with van der Waals surface area (Å²) in [5, 5.41) is 5.04. The Morgan fingerprint density at radius 1 is 0.348 bits per heavy atom. The quantitative estimate of drug-likeness (QED) is 0.200. The lowest BCUT2D eigenvalue weighted by Crippen LogP contribution is -2.26. The van der Waals surface area contributed by atoms with Crippen molar-refractivity contribution >= 4 is 38.6 Å². The first-order chi connectivity index (χ1) is 22.8. The van der Waals surface area contributed by atoms with Crippen LogP contribution in [0, 0.1) is 0 Å². The predicted molar refractivity (Wildman–Crippen MR) is 192 cm³/mol. The Morgan fingerprint density at radius 3 is 1.72 bits per heavy atom. The van der Waals surface area contributed by atoms with E-state index in [0.29, 0.717) is 0 Å². The van der Waals surface area contributed by atoms with E-state index in [1.54, 1.807) is 0 Å². The van der Waals surface area contributed by atoms with Crippen molar-refractivity contribution in [2.75, 3.05) is 4.90 Å². The third-order valence-corrected chi connectivity index (χ3v) is 10.2. The largest absolute Gasteiger partial charge is 0.310 e. The summed E-state index contributed by atoms with van der Waals surface area (Å²) in [6, 6.07) is 65.0. The minimum Gasteiger partial charge on any atom is -0.310 e. The van der Waals surface area contributed by atoms with E-state index in [4.69, 9.17) is 0 Å². The van der Waals surface area contributed by atoms with Gasteiger partial charge in [0.25, 0.3) is 0 Å². The Hall–Kier alpha value is -5.92. The van der Waals surface area contributed by atoms with Crippen LogP contribution >= 0.6 is 0 Å². The first-order valence-electron chi connectivity index (χ1n) is 16.0. The van der Waals surface area contributed by atoms with Crippen LogP contribution in [0.1, 0.15) is 22.3 Å². The summed E-state index contributed by atoms with van der Waals surface area (Å²) in [6.45, 7) is 0. The Bertz CT molecular complexity index is 2440. The standard InChI is InChI=1S/C45H29N/c1-2-16-32(17-3-1)46(43-24-12-15-30-13-4-6-18-34(30)43)33-26-27-38-42(29-33)45(41-28-25-31-14-5-7-19-35(31)44(38)41)39-22-10-8-20-36(39)37-21-9-11-23-40(37)45/h1-29H. The molecule has 1 heteroatoms. The highest BCUT2D eigenvalue weighted by Gasteiger charge is 2.52. The second-order valence-electron chi connectivity index (χ2n) is 12.4. The molecule has 0 radical (unpaired) electrons. The maximum absolute atomic E-state index is 2.48. The molecule has 0 N–H and O–H groups in total. The van der Waals surface area contributed by atoms with Crippen molar-refractivity contribution in [3.8, 4) is 22.3 Å². The fraction of sp³-hybridized carbons (Fsp3) is 0.0222. The van der Waals surface area contributed by atoms with E-state index in [1.165, 1.54) is 71.7 Å². The summed E-state index contributed by atoms with van der Waals surface area (Å²) in [4.78, 5) is 2.43. The molecule has 1 spiro atoms. The number of nitrogens with zero attached hydrogens (tertiary/aromatic N) is 1. The molecule has 46 heavy (non-hydrogen) atoms. The van der Waals surface area contributed by atoms with Gasteiger partial charge in [0.1, 0.15) is 0 Å². The zero-order valence-electron chi connectivity index (χ0n) is 25.2. The highest BCUT2D eigenvalue weighted by Crippen LogP contribution is 2.64. The van der Waals surface area contributed by atoms with Gasteiger partial charge in [-0.2, -0.15) is 0 Å². The fourth-order valence-corrected chi connectivity index (χ4v) is 8.44. The van der Waals surface area contributed by atoms with E-state index in [9.17, 15) is 0 Å². The molecular formula is C45H29N. The SMILES string of the molecule is c1ccc(N(c2ccc3c(c2)C2(c4ccccc4-c4ccccc42)c2ccc4ccccc4c2-3)c2cccc3ccccc23)cc1. The van der Waals surface area contributed by atoms with Crippen LogP contribution in [0.5, 0.6) is 0 Å². The van der Waals surface area contributed by atoms with Crippen molar-refractivity contribution in [3.63, 3.8) is 0 Å². The normalized spacial score (nSPS) is 13.4. The van der Waals surface area contributed by atoms with Crippen LogP contribution in [0.2, 0.25) is 0 Å². The molecule has 0 atom stereocenters. The smallest absolute Gasteiger partial charge is 0.0726 e. The van der Waals surface area contributed by atoms with Crippen LogP contribution in [0.3, 0.4) is 0 Å². The van der Waals surface area contributed by atoms with Crippen molar-refractivity contribution in [1.29, 1.82) is 0 Å². The van der Waals surface area contributed by atoms with Crippen LogP contribution < -0.4 is 4.90 Å². The van der Waals surface area contributed by atoms with E-state index in [0.717, 1.165) is 11.4 Å². The maximum atomic E-state index is 2.48. The highest BCUT2D eigenvalue weighted by molar-refractivity contribution is 6.07. The third-order valence-electron chi connectivity index (χ3n) is 10.2. The summed E-state index contributed by atoms with van der Waals surface area (Å²) < 4.78 is 0. The van der Waals surface area contributed by atoms with Crippen LogP contribution in [-0.2, 0) is 5.41 Å². The van der Waals surface area contributed by atoms with Crippen molar-refractivity contribution in [3.05, 3.63) is 198 Å². The van der Waals surface area contributed by atoms with Crippen LogP contribution in [-0.4, -0.2) is 0 Å². The maximum Gasteiger partial charge on any atom is 0.0726 e. The van der Waals surface area contributed by atoms with Gasteiger partial charge in [-0.1, -0.05) is 146 Å². The van der Waals surface area contributed by atoms with Gasteiger partial charge in [0.15, 0.2) is 0 Å². The number of rotatable bonds is 3. The first kappa shape index (κ1) is 25.4. The van der Waals surface area contributed by atoms with Gasteiger partial charge in [0.2, 0.25) is 0 Å². The molecule has 0 aliphatic heterocycles. The zero-order chi connectivity index (χ0) is 30.2. The molecule has 0 saturated heterocycles. The Labute approximate surface area is 268 Å². The van der Waals surface area contributed by atoms with Crippen molar-refractivity contribution in [2.45, 2.75) is 5.41 Å². The summed E-state index contributed by atoms with van der Waals surface area (Å²) in [5.74, 6) is 0. The van der Waals surface area contributed by atoms with Crippen molar-refractivity contribution < 1.29 is 0 Å². The van der Waals surface area contributed by atoms with Crippen molar-refractivity contribution in [2.24, 2.45) is 0 Å². The van der Waals surface area contributed by atoms with E-state index >= 15 is 0 Å². The molecule has 0 heterocycles. The summed E-state index contributed by atoms with van der Waals surface area (Å²) in [6.07, 6.45) is 0.